The third kappa shape index (κ3) is 3.59. The standard InChI is InChI=1S/C16H20N4O2.ClH/c1-9-6-12(20-19-9)15(21)18-13-8-16(2,3)22-14-5-4-10(17)7-11(13)14;/h4-7,13H,8,17H2,1-3H3,(H,18,21)(H,19,20);1H. The van der Waals surface area contributed by atoms with Gasteiger partial charge in [-0.1, -0.05) is 0 Å². The Morgan fingerprint density at radius 2 is 2.17 bits per heavy atom. The van der Waals surface area contributed by atoms with E-state index in [1.165, 1.54) is 0 Å². The molecule has 3 rings (SSSR count). The molecular weight excluding hydrogens is 316 g/mol. The van der Waals surface area contributed by atoms with Crippen LogP contribution in [0, 0.1) is 6.92 Å². The van der Waals surface area contributed by atoms with Crippen molar-refractivity contribution in [2.45, 2.75) is 38.8 Å². The van der Waals surface area contributed by atoms with Gasteiger partial charge in [-0.15, -0.1) is 12.4 Å². The Hall–Kier alpha value is -2.21. The highest BCUT2D eigenvalue weighted by Gasteiger charge is 2.35. The fourth-order valence-corrected chi connectivity index (χ4v) is 2.77. The van der Waals surface area contributed by atoms with Gasteiger partial charge in [0.05, 0.1) is 6.04 Å². The van der Waals surface area contributed by atoms with Crippen LogP contribution >= 0.6 is 12.4 Å². The monoisotopic (exact) mass is 336 g/mol. The summed E-state index contributed by atoms with van der Waals surface area (Å²) in [6.07, 6.45) is 0.665. The first-order valence-corrected chi connectivity index (χ1v) is 7.25. The zero-order valence-corrected chi connectivity index (χ0v) is 14.2. The van der Waals surface area contributed by atoms with Crippen molar-refractivity contribution < 1.29 is 9.53 Å². The SMILES string of the molecule is Cc1cc(C(=O)NC2CC(C)(C)Oc3ccc(N)cc32)n[nH]1.Cl. The predicted octanol–water partition coefficient (Wildman–Crippen LogP) is 2.75. The van der Waals surface area contributed by atoms with E-state index in [1.807, 2.05) is 32.9 Å². The number of anilines is 1. The molecule has 1 unspecified atom stereocenters. The summed E-state index contributed by atoms with van der Waals surface area (Å²) in [7, 11) is 0. The van der Waals surface area contributed by atoms with Crippen LogP contribution in [0.5, 0.6) is 5.75 Å². The number of carbonyl (C=O) groups excluding carboxylic acids is 1. The number of aryl methyl sites for hydroxylation is 1. The molecule has 1 aliphatic rings. The minimum absolute atomic E-state index is 0. The number of fused-ring (bicyclic) bond motifs is 1. The van der Waals surface area contributed by atoms with Gasteiger partial charge in [0.15, 0.2) is 0 Å². The van der Waals surface area contributed by atoms with E-state index in [-0.39, 0.29) is 30.0 Å². The van der Waals surface area contributed by atoms with Crippen LogP contribution < -0.4 is 15.8 Å². The number of nitrogens with two attached hydrogens (primary N) is 1. The van der Waals surface area contributed by atoms with Crippen LogP contribution in [0.2, 0.25) is 0 Å². The first-order chi connectivity index (χ1) is 10.3. The lowest BCUT2D eigenvalue weighted by Gasteiger charge is -2.38. The summed E-state index contributed by atoms with van der Waals surface area (Å²) in [5.41, 5.74) is 8.30. The van der Waals surface area contributed by atoms with E-state index >= 15 is 0 Å². The van der Waals surface area contributed by atoms with Gasteiger partial charge >= 0.3 is 0 Å². The van der Waals surface area contributed by atoms with E-state index < -0.39 is 0 Å². The number of nitrogens with zero attached hydrogens (tertiary/aromatic N) is 1. The molecule has 0 radical (unpaired) electrons. The van der Waals surface area contributed by atoms with Crippen molar-refractivity contribution in [3.8, 4) is 5.75 Å². The van der Waals surface area contributed by atoms with Gasteiger partial charge in [0.2, 0.25) is 0 Å². The fraction of sp³-hybridized carbons (Fsp3) is 0.375. The largest absolute Gasteiger partial charge is 0.487 e. The van der Waals surface area contributed by atoms with Crippen LogP contribution in [0.3, 0.4) is 0 Å². The number of nitrogens with one attached hydrogen (secondary N) is 2. The van der Waals surface area contributed by atoms with Crippen molar-refractivity contribution in [1.82, 2.24) is 15.5 Å². The molecule has 2 aromatic rings. The topological polar surface area (TPSA) is 93.0 Å². The number of rotatable bonds is 2. The van der Waals surface area contributed by atoms with Crippen LogP contribution in [0.25, 0.3) is 0 Å². The number of nitrogen functional groups attached to an aromatic ring is 1. The molecule has 0 spiro atoms. The second kappa shape index (κ2) is 6.12. The lowest BCUT2D eigenvalue weighted by Crippen LogP contribution is -2.41. The maximum absolute atomic E-state index is 12.4. The number of hydrogen-bond acceptors (Lipinski definition) is 4. The zero-order chi connectivity index (χ0) is 15.9. The number of aromatic nitrogens is 2. The van der Waals surface area contributed by atoms with E-state index in [4.69, 9.17) is 10.5 Å². The van der Waals surface area contributed by atoms with Crippen LogP contribution in [-0.2, 0) is 0 Å². The van der Waals surface area contributed by atoms with E-state index in [0.29, 0.717) is 17.8 Å². The van der Waals surface area contributed by atoms with Gasteiger partial charge in [0.25, 0.3) is 5.91 Å². The molecule has 0 aliphatic carbocycles. The summed E-state index contributed by atoms with van der Waals surface area (Å²) in [5.74, 6) is 0.550. The molecule has 4 N–H and O–H groups in total. The maximum Gasteiger partial charge on any atom is 0.272 e. The number of benzene rings is 1. The van der Waals surface area contributed by atoms with Crippen molar-refractivity contribution in [2.24, 2.45) is 0 Å². The number of halogens is 1. The highest BCUT2D eigenvalue weighted by Crippen LogP contribution is 2.40. The van der Waals surface area contributed by atoms with Gasteiger partial charge in [-0.05, 0) is 45.0 Å². The van der Waals surface area contributed by atoms with Gasteiger partial charge in [-0.3, -0.25) is 9.89 Å². The molecule has 124 valence electrons. The summed E-state index contributed by atoms with van der Waals surface area (Å²) in [5, 5.41) is 9.80. The Kier molecular flexibility index (Phi) is 4.56. The molecule has 23 heavy (non-hydrogen) atoms. The first kappa shape index (κ1) is 17.1. The molecule has 0 saturated heterocycles. The molecule has 1 aromatic heterocycles. The molecule has 1 atom stereocenters. The molecule has 1 aromatic carbocycles. The molecule has 2 heterocycles. The minimum atomic E-state index is -0.359. The van der Waals surface area contributed by atoms with Crippen molar-refractivity contribution >= 4 is 24.0 Å². The van der Waals surface area contributed by atoms with Crippen molar-refractivity contribution in [1.29, 1.82) is 0 Å². The van der Waals surface area contributed by atoms with E-state index in [2.05, 4.69) is 15.5 Å². The number of carbonyl (C=O) groups is 1. The number of amides is 1. The van der Waals surface area contributed by atoms with Crippen molar-refractivity contribution in [2.75, 3.05) is 5.73 Å². The second-order valence-electron chi connectivity index (χ2n) is 6.33. The molecule has 0 fully saturated rings. The number of H-pyrrole nitrogens is 1. The highest BCUT2D eigenvalue weighted by molar-refractivity contribution is 5.92. The fourth-order valence-electron chi connectivity index (χ4n) is 2.77. The smallest absolute Gasteiger partial charge is 0.272 e. The quantitative estimate of drug-likeness (QED) is 0.735. The summed E-state index contributed by atoms with van der Waals surface area (Å²) < 4.78 is 5.97. The molecule has 6 nitrogen and oxygen atoms in total. The van der Waals surface area contributed by atoms with Crippen LogP contribution in [-0.4, -0.2) is 21.7 Å². The summed E-state index contributed by atoms with van der Waals surface area (Å²) in [4.78, 5) is 12.4. The molecule has 0 bridgehead atoms. The summed E-state index contributed by atoms with van der Waals surface area (Å²) in [6, 6.07) is 7.07. The first-order valence-electron chi connectivity index (χ1n) is 7.25. The Morgan fingerprint density at radius 1 is 1.43 bits per heavy atom. The molecule has 0 saturated carbocycles. The predicted molar refractivity (Wildman–Crippen MR) is 91.0 cm³/mol. The highest BCUT2D eigenvalue weighted by atomic mass is 35.5. The van der Waals surface area contributed by atoms with E-state index in [9.17, 15) is 4.79 Å². The Morgan fingerprint density at radius 3 is 2.83 bits per heavy atom. The Balaban J connectivity index is 0.00000192. The molecular formula is C16H21ClN4O2. The van der Waals surface area contributed by atoms with Crippen LogP contribution in [0.1, 0.15) is 48.1 Å². The van der Waals surface area contributed by atoms with Gasteiger partial charge in [0.1, 0.15) is 17.0 Å². The average molecular weight is 337 g/mol. The molecule has 1 amide bonds. The third-order valence-electron chi connectivity index (χ3n) is 3.74. The minimum Gasteiger partial charge on any atom is -0.487 e. The lowest BCUT2D eigenvalue weighted by molar-refractivity contribution is 0.0618. The third-order valence-corrected chi connectivity index (χ3v) is 3.74. The van der Waals surface area contributed by atoms with E-state index in [1.54, 1.807) is 12.1 Å². The summed E-state index contributed by atoms with van der Waals surface area (Å²) >= 11 is 0. The number of hydrogen-bond donors (Lipinski definition) is 3. The normalized spacial score (nSPS) is 18.3. The van der Waals surface area contributed by atoms with Gasteiger partial charge in [-0.25, -0.2) is 0 Å². The van der Waals surface area contributed by atoms with Crippen LogP contribution in [0.4, 0.5) is 5.69 Å². The number of aromatic amines is 1. The second-order valence-corrected chi connectivity index (χ2v) is 6.33. The van der Waals surface area contributed by atoms with Gasteiger partial charge in [0, 0.05) is 23.4 Å². The van der Waals surface area contributed by atoms with Gasteiger partial charge in [-0.2, -0.15) is 5.10 Å². The Labute approximate surface area is 141 Å². The van der Waals surface area contributed by atoms with Crippen molar-refractivity contribution in [3.05, 3.63) is 41.2 Å². The average Bonchev–Trinajstić information content (AvgIpc) is 2.85. The van der Waals surface area contributed by atoms with Crippen molar-refractivity contribution in [3.63, 3.8) is 0 Å². The lowest BCUT2D eigenvalue weighted by atomic mass is 9.89. The number of ether oxygens (including phenoxy) is 1. The van der Waals surface area contributed by atoms with Gasteiger partial charge < -0.3 is 15.8 Å². The Bertz CT molecular complexity index is 727. The molecule has 1 aliphatic heterocycles. The van der Waals surface area contributed by atoms with Crippen LogP contribution in [0.15, 0.2) is 24.3 Å². The van der Waals surface area contributed by atoms with E-state index in [0.717, 1.165) is 17.0 Å². The molecule has 7 heteroatoms. The summed E-state index contributed by atoms with van der Waals surface area (Å²) in [6.45, 7) is 5.87. The maximum atomic E-state index is 12.4. The zero-order valence-electron chi connectivity index (χ0n) is 13.3.